The summed E-state index contributed by atoms with van der Waals surface area (Å²) in [6.07, 6.45) is -0.123. The van der Waals surface area contributed by atoms with Crippen molar-refractivity contribution in [2.24, 2.45) is 0 Å². The lowest BCUT2D eigenvalue weighted by atomic mass is 10.3. The smallest absolute Gasteiger partial charge is 0.242 e. The highest BCUT2D eigenvalue weighted by Crippen LogP contribution is 2.16. The summed E-state index contributed by atoms with van der Waals surface area (Å²) >= 11 is 0. The van der Waals surface area contributed by atoms with Crippen molar-refractivity contribution in [2.45, 2.75) is 18.6 Å². The molecule has 0 saturated heterocycles. The van der Waals surface area contributed by atoms with E-state index in [1.807, 2.05) is 0 Å². The summed E-state index contributed by atoms with van der Waals surface area (Å²) in [5.74, 6) is -0.299. The van der Waals surface area contributed by atoms with Gasteiger partial charge in [-0.3, -0.25) is 4.79 Å². The third kappa shape index (κ3) is 4.24. The Morgan fingerprint density at radius 2 is 2.00 bits per heavy atom. The van der Waals surface area contributed by atoms with Gasteiger partial charge in [-0.05, 0) is 31.2 Å². The van der Waals surface area contributed by atoms with Gasteiger partial charge in [0.25, 0.3) is 0 Å². The second kappa shape index (κ2) is 6.91. The maximum absolute atomic E-state index is 11.9. The fraction of sp³-hybridized carbons (Fsp3) is 0.385. The van der Waals surface area contributed by atoms with Crippen LogP contribution in [0.2, 0.25) is 0 Å². The van der Waals surface area contributed by atoms with Gasteiger partial charge in [0.2, 0.25) is 5.91 Å². The van der Waals surface area contributed by atoms with Gasteiger partial charge >= 0.3 is 0 Å². The van der Waals surface area contributed by atoms with Crippen LogP contribution in [0.5, 0.6) is 5.75 Å². The summed E-state index contributed by atoms with van der Waals surface area (Å²) in [6, 6.07) is 8.30. The molecule has 0 radical (unpaired) electrons. The number of nitrogens with one attached hydrogen (secondary N) is 1. The van der Waals surface area contributed by atoms with Crippen LogP contribution in [0.1, 0.15) is 13.3 Å². The van der Waals surface area contributed by atoms with Crippen molar-refractivity contribution in [3.8, 4) is 11.8 Å². The first-order valence-corrected chi connectivity index (χ1v) is 7.65. The molecule has 6 nitrogen and oxygen atoms in total. The summed E-state index contributed by atoms with van der Waals surface area (Å²) in [5, 5.41) is 9.73. The zero-order valence-corrected chi connectivity index (χ0v) is 12.1. The summed E-state index contributed by atoms with van der Waals surface area (Å²) in [4.78, 5) is 11.9. The minimum Gasteiger partial charge on any atom is -0.497 e. The molecule has 1 unspecified atom stereocenters. The predicted octanol–water partition coefficient (Wildman–Crippen LogP) is 1.35. The molecule has 1 aromatic carbocycles. The highest BCUT2D eigenvalue weighted by atomic mass is 32.2. The normalized spacial score (nSPS) is 12.2. The lowest BCUT2D eigenvalue weighted by molar-refractivity contribution is -0.115. The number of sulfone groups is 1. The number of benzene rings is 1. The molecule has 0 heterocycles. The molecule has 1 N–H and O–H groups in total. The largest absolute Gasteiger partial charge is 0.497 e. The molecule has 20 heavy (non-hydrogen) atoms. The molecule has 0 aliphatic heterocycles. The molecule has 0 aliphatic rings. The molecular weight excluding hydrogens is 280 g/mol. The number of ether oxygens (including phenoxy) is 1. The standard InChI is InChI=1S/C13H16N2O4S/c1-10(20(17,18)9-3-8-14)13(16)15-11-4-6-12(19-2)7-5-11/h4-7,10H,3,9H2,1-2H3,(H,15,16). The predicted molar refractivity (Wildman–Crippen MR) is 75.1 cm³/mol. The third-order valence-corrected chi connectivity index (χ3v) is 4.83. The Morgan fingerprint density at radius 3 is 2.50 bits per heavy atom. The van der Waals surface area contributed by atoms with Gasteiger partial charge in [-0.1, -0.05) is 0 Å². The van der Waals surface area contributed by atoms with Gasteiger partial charge in [0, 0.05) is 12.1 Å². The maximum atomic E-state index is 11.9. The van der Waals surface area contributed by atoms with E-state index >= 15 is 0 Å². The van der Waals surface area contributed by atoms with Crippen molar-refractivity contribution in [3.63, 3.8) is 0 Å². The Balaban J connectivity index is 2.72. The molecule has 1 atom stereocenters. The third-order valence-electron chi connectivity index (χ3n) is 2.76. The van der Waals surface area contributed by atoms with E-state index < -0.39 is 21.0 Å². The molecule has 108 valence electrons. The number of carbonyl (C=O) groups excluding carboxylic acids is 1. The zero-order valence-electron chi connectivity index (χ0n) is 11.3. The van der Waals surface area contributed by atoms with Gasteiger partial charge in [0.15, 0.2) is 9.84 Å². The molecule has 7 heteroatoms. The molecule has 0 bridgehead atoms. The number of amides is 1. The molecule has 0 fully saturated rings. The second-order valence-electron chi connectivity index (χ2n) is 4.14. The number of rotatable bonds is 6. The minimum absolute atomic E-state index is 0.123. The molecule has 1 rings (SSSR count). The van der Waals surface area contributed by atoms with Crippen molar-refractivity contribution in [2.75, 3.05) is 18.2 Å². The number of nitriles is 1. The molecule has 1 aromatic rings. The number of methoxy groups -OCH3 is 1. The molecule has 0 aliphatic carbocycles. The molecule has 1 amide bonds. The van der Waals surface area contributed by atoms with E-state index in [0.717, 1.165) is 0 Å². The molecular formula is C13H16N2O4S. The summed E-state index contributed by atoms with van der Waals surface area (Å²) in [6.45, 7) is 1.31. The van der Waals surface area contributed by atoms with Crippen molar-refractivity contribution < 1.29 is 17.9 Å². The highest BCUT2D eigenvalue weighted by Gasteiger charge is 2.27. The fourth-order valence-corrected chi connectivity index (χ4v) is 2.56. The van der Waals surface area contributed by atoms with Gasteiger partial charge < -0.3 is 10.1 Å². The van der Waals surface area contributed by atoms with Gasteiger partial charge in [-0.25, -0.2) is 8.42 Å². The van der Waals surface area contributed by atoms with Crippen LogP contribution in [0.3, 0.4) is 0 Å². The van der Waals surface area contributed by atoms with Gasteiger partial charge in [0.05, 0.1) is 18.9 Å². The molecule has 0 aromatic heterocycles. The summed E-state index contributed by atoms with van der Waals surface area (Å²) in [7, 11) is -2.09. The van der Waals surface area contributed by atoms with Crippen molar-refractivity contribution in [1.82, 2.24) is 0 Å². The van der Waals surface area contributed by atoms with Crippen molar-refractivity contribution in [3.05, 3.63) is 24.3 Å². The van der Waals surface area contributed by atoms with E-state index in [1.54, 1.807) is 30.3 Å². The van der Waals surface area contributed by atoms with Crippen LogP contribution in [-0.4, -0.2) is 32.4 Å². The van der Waals surface area contributed by atoms with Crippen LogP contribution < -0.4 is 10.1 Å². The average molecular weight is 296 g/mol. The van der Waals surface area contributed by atoms with Gasteiger partial charge in [-0.15, -0.1) is 0 Å². The van der Waals surface area contributed by atoms with Crippen LogP contribution in [0, 0.1) is 11.3 Å². The lowest BCUT2D eigenvalue weighted by Crippen LogP contribution is -2.34. The zero-order chi connectivity index (χ0) is 15.2. The monoisotopic (exact) mass is 296 g/mol. The number of anilines is 1. The van der Waals surface area contributed by atoms with Gasteiger partial charge in [-0.2, -0.15) is 5.26 Å². The Bertz CT molecular complexity index is 602. The van der Waals surface area contributed by atoms with Crippen LogP contribution in [-0.2, 0) is 14.6 Å². The molecule has 0 spiro atoms. The lowest BCUT2D eigenvalue weighted by Gasteiger charge is -2.12. The second-order valence-corrected chi connectivity index (χ2v) is 6.58. The first-order valence-electron chi connectivity index (χ1n) is 5.94. The van der Waals surface area contributed by atoms with E-state index in [0.29, 0.717) is 11.4 Å². The fourth-order valence-electron chi connectivity index (χ4n) is 1.45. The van der Waals surface area contributed by atoms with Gasteiger partial charge in [0.1, 0.15) is 11.0 Å². The van der Waals surface area contributed by atoms with Crippen LogP contribution >= 0.6 is 0 Å². The first kappa shape index (κ1) is 16.0. The topological polar surface area (TPSA) is 96.3 Å². The Kier molecular flexibility index (Phi) is 5.53. The average Bonchev–Trinajstić information content (AvgIpc) is 2.45. The SMILES string of the molecule is COc1ccc(NC(=O)C(C)S(=O)(=O)CCC#N)cc1. The Morgan fingerprint density at radius 1 is 1.40 bits per heavy atom. The van der Waals surface area contributed by atoms with Crippen LogP contribution in [0.25, 0.3) is 0 Å². The summed E-state index contributed by atoms with van der Waals surface area (Å²) < 4.78 is 28.6. The Labute approximate surface area is 118 Å². The maximum Gasteiger partial charge on any atom is 0.242 e. The van der Waals surface area contributed by atoms with E-state index in [4.69, 9.17) is 10.00 Å². The molecule has 0 saturated carbocycles. The number of hydrogen-bond acceptors (Lipinski definition) is 5. The Hall–Kier alpha value is -2.07. The number of hydrogen-bond donors (Lipinski definition) is 1. The highest BCUT2D eigenvalue weighted by molar-refractivity contribution is 7.92. The van der Waals surface area contributed by atoms with E-state index in [2.05, 4.69) is 5.32 Å². The van der Waals surface area contributed by atoms with Crippen molar-refractivity contribution in [1.29, 1.82) is 5.26 Å². The quantitative estimate of drug-likeness (QED) is 0.854. The minimum atomic E-state index is -3.61. The summed E-state index contributed by atoms with van der Waals surface area (Å²) in [5.41, 5.74) is 0.484. The van der Waals surface area contributed by atoms with Crippen LogP contribution in [0.4, 0.5) is 5.69 Å². The van der Waals surface area contributed by atoms with E-state index in [1.165, 1.54) is 14.0 Å². The number of nitrogens with zero attached hydrogens (tertiary/aromatic N) is 1. The number of carbonyl (C=O) groups is 1. The van der Waals surface area contributed by atoms with E-state index in [-0.39, 0.29) is 12.2 Å². The van der Waals surface area contributed by atoms with Crippen molar-refractivity contribution >= 4 is 21.4 Å². The van der Waals surface area contributed by atoms with E-state index in [9.17, 15) is 13.2 Å². The first-order chi connectivity index (χ1) is 9.40. The van der Waals surface area contributed by atoms with Crippen LogP contribution in [0.15, 0.2) is 24.3 Å².